The number of aromatic carboxylic acids is 1. The molecule has 3 aromatic rings. The summed E-state index contributed by atoms with van der Waals surface area (Å²) in [6.45, 7) is 1.69. The number of carbonyl (C=O) groups is 1. The number of aryl methyl sites for hydroxylation is 1. The summed E-state index contributed by atoms with van der Waals surface area (Å²) < 4.78 is 65.1. The van der Waals surface area contributed by atoms with Crippen molar-refractivity contribution in [2.45, 2.75) is 23.7 Å². The SMILES string of the molecule is Cc1cc(C(=O)O)c(CS(=O)(=O)c2cc(Cl)cc(C(F)(F)F)c2)cc1-c1ccccc1. The molecule has 4 nitrogen and oxygen atoms in total. The minimum Gasteiger partial charge on any atom is -0.478 e. The molecule has 1 N–H and O–H groups in total. The van der Waals surface area contributed by atoms with Crippen molar-refractivity contribution in [1.82, 2.24) is 0 Å². The number of halogens is 4. The average molecular weight is 469 g/mol. The second kappa shape index (κ2) is 8.36. The Morgan fingerprint density at radius 3 is 2.26 bits per heavy atom. The number of rotatable bonds is 5. The Bertz CT molecular complexity index is 1250. The third-order valence-corrected chi connectivity index (χ3v) is 6.53. The van der Waals surface area contributed by atoms with Crippen LogP contribution >= 0.6 is 11.6 Å². The summed E-state index contributed by atoms with van der Waals surface area (Å²) in [6, 6.07) is 13.8. The summed E-state index contributed by atoms with van der Waals surface area (Å²) in [6.07, 6.45) is -4.79. The van der Waals surface area contributed by atoms with Crippen LogP contribution < -0.4 is 0 Å². The molecule has 0 amide bonds. The van der Waals surface area contributed by atoms with Gasteiger partial charge in [-0.25, -0.2) is 13.2 Å². The lowest BCUT2D eigenvalue weighted by atomic mass is 9.95. The van der Waals surface area contributed by atoms with E-state index in [4.69, 9.17) is 11.6 Å². The van der Waals surface area contributed by atoms with Gasteiger partial charge in [0.05, 0.1) is 21.8 Å². The van der Waals surface area contributed by atoms with E-state index in [-0.39, 0.29) is 16.1 Å². The van der Waals surface area contributed by atoms with E-state index in [2.05, 4.69) is 0 Å². The molecule has 0 saturated carbocycles. The molecule has 0 unspecified atom stereocenters. The number of sulfone groups is 1. The maximum absolute atomic E-state index is 13.1. The molecule has 3 aromatic carbocycles. The highest BCUT2D eigenvalue weighted by Gasteiger charge is 2.33. The van der Waals surface area contributed by atoms with Gasteiger partial charge in [0.1, 0.15) is 0 Å². The van der Waals surface area contributed by atoms with Gasteiger partial charge < -0.3 is 5.11 Å². The van der Waals surface area contributed by atoms with Gasteiger partial charge in [-0.15, -0.1) is 0 Å². The summed E-state index contributed by atoms with van der Waals surface area (Å²) in [7, 11) is -4.33. The van der Waals surface area contributed by atoms with Gasteiger partial charge >= 0.3 is 12.1 Å². The molecule has 0 atom stereocenters. The van der Waals surface area contributed by atoms with Crippen molar-refractivity contribution in [1.29, 1.82) is 0 Å². The zero-order valence-electron chi connectivity index (χ0n) is 16.1. The van der Waals surface area contributed by atoms with Crippen LogP contribution in [0, 0.1) is 6.92 Å². The zero-order valence-corrected chi connectivity index (χ0v) is 17.6. The third-order valence-electron chi connectivity index (χ3n) is 4.67. The lowest BCUT2D eigenvalue weighted by Gasteiger charge is -2.14. The van der Waals surface area contributed by atoms with Crippen LogP contribution in [0.15, 0.2) is 65.6 Å². The summed E-state index contributed by atoms with van der Waals surface area (Å²) >= 11 is 5.71. The molecule has 0 radical (unpaired) electrons. The summed E-state index contributed by atoms with van der Waals surface area (Å²) in [5.41, 5.74) is 0.512. The molecule has 162 valence electrons. The topological polar surface area (TPSA) is 71.4 Å². The maximum Gasteiger partial charge on any atom is 0.416 e. The van der Waals surface area contributed by atoms with Crippen LogP contribution in [0.25, 0.3) is 11.1 Å². The van der Waals surface area contributed by atoms with Crippen molar-refractivity contribution in [3.63, 3.8) is 0 Å². The number of hydrogen-bond donors (Lipinski definition) is 1. The fraction of sp³-hybridized carbons (Fsp3) is 0.136. The first-order valence-electron chi connectivity index (χ1n) is 8.91. The Hall–Kier alpha value is -2.84. The molecule has 0 aliphatic rings. The van der Waals surface area contributed by atoms with Crippen molar-refractivity contribution in [3.05, 3.63) is 87.9 Å². The van der Waals surface area contributed by atoms with Gasteiger partial charge in [0, 0.05) is 5.02 Å². The van der Waals surface area contributed by atoms with E-state index in [1.807, 2.05) is 0 Å². The van der Waals surface area contributed by atoms with Gasteiger partial charge in [-0.2, -0.15) is 13.2 Å². The minimum atomic E-state index is -4.79. The van der Waals surface area contributed by atoms with Gasteiger partial charge in [-0.05, 0) is 59.5 Å². The predicted molar refractivity (Wildman–Crippen MR) is 111 cm³/mol. The predicted octanol–water partition coefficient (Wildman–Crippen LogP) is 6.01. The van der Waals surface area contributed by atoms with E-state index in [0.717, 1.165) is 11.6 Å². The maximum atomic E-state index is 13.1. The molecule has 3 rings (SSSR count). The fourth-order valence-corrected chi connectivity index (χ4v) is 4.92. The highest BCUT2D eigenvalue weighted by molar-refractivity contribution is 7.90. The highest BCUT2D eigenvalue weighted by atomic mass is 35.5. The highest BCUT2D eigenvalue weighted by Crippen LogP contribution is 2.34. The van der Waals surface area contributed by atoms with E-state index in [9.17, 15) is 31.5 Å². The number of alkyl halides is 3. The zero-order chi connectivity index (χ0) is 23.0. The molecule has 0 aliphatic carbocycles. The van der Waals surface area contributed by atoms with Crippen molar-refractivity contribution in [3.8, 4) is 11.1 Å². The molecular weight excluding hydrogens is 453 g/mol. The van der Waals surface area contributed by atoms with E-state index in [1.165, 1.54) is 12.1 Å². The third kappa shape index (κ3) is 5.08. The average Bonchev–Trinajstić information content (AvgIpc) is 2.68. The lowest BCUT2D eigenvalue weighted by Crippen LogP contribution is -2.12. The second-order valence-electron chi connectivity index (χ2n) is 6.93. The molecule has 0 heterocycles. The number of hydrogen-bond acceptors (Lipinski definition) is 3. The Labute approximate surface area is 181 Å². The van der Waals surface area contributed by atoms with Gasteiger partial charge in [-0.3, -0.25) is 0 Å². The lowest BCUT2D eigenvalue weighted by molar-refractivity contribution is -0.137. The van der Waals surface area contributed by atoms with Crippen LogP contribution in [0.1, 0.15) is 27.0 Å². The number of carboxylic acid groups (broad SMARTS) is 1. The molecular formula is C22H16ClF3O4S. The van der Waals surface area contributed by atoms with Crippen LogP contribution in [0.3, 0.4) is 0 Å². The van der Waals surface area contributed by atoms with Gasteiger partial charge in [0.15, 0.2) is 9.84 Å². The van der Waals surface area contributed by atoms with E-state index in [0.29, 0.717) is 23.3 Å². The van der Waals surface area contributed by atoms with Crippen molar-refractivity contribution in [2.24, 2.45) is 0 Å². The molecule has 0 bridgehead atoms. The Morgan fingerprint density at radius 1 is 1.03 bits per heavy atom. The first-order valence-corrected chi connectivity index (χ1v) is 10.9. The normalized spacial score (nSPS) is 12.0. The van der Waals surface area contributed by atoms with Crippen LogP contribution in [-0.2, 0) is 21.8 Å². The molecule has 0 saturated heterocycles. The number of carboxylic acids is 1. The van der Waals surface area contributed by atoms with E-state index < -0.39 is 38.2 Å². The molecule has 0 spiro atoms. The largest absolute Gasteiger partial charge is 0.478 e. The standard InChI is InChI=1S/C22H16ClF3O4S/c1-13-7-20(21(27)28)15(8-19(13)14-5-3-2-4-6-14)12-31(29,30)18-10-16(22(24,25)26)9-17(23)11-18/h2-11H,12H2,1H3,(H,27,28). The monoisotopic (exact) mass is 468 g/mol. The van der Waals surface area contributed by atoms with Crippen molar-refractivity contribution in [2.75, 3.05) is 0 Å². The van der Waals surface area contributed by atoms with Crippen LogP contribution in [0.5, 0.6) is 0 Å². The molecule has 9 heteroatoms. The van der Waals surface area contributed by atoms with Crippen LogP contribution in [0.4, 0.5) is 13.2 Å². The van der Waals surface area contributed by atoms with Gasteiger partial charge in [0.2, 0.25) is 0 Å². The van der Waals surface area contributed by atoms with Gasteiger partial charge in [0.25, 0.3) is 0 Å². The quantitative estimate of drug-likeness (QED) is 0.498. The number of benzene rings is 3. The van der Waals surface area contributed by atoms with Crippen LogP contribution in [-0.4, -0.2) is 19.5 Å². The first-order chi connectivity index (χ1) is 14.4. The van der Waals surface area contributed by atoms with Crippen molar-refractivity contribution >= 4 is 27.4 Å². The van der Waals surface area contributed by atoms with E-state index >= 15 is 0 Å². The Kier molecular flexibility index (Phi) is 6.16. The van der Waals surface area contributed by atoms with Crippen LogP contribution in [0.2, 0.25) is 5.02 Å². The second-order valence-corrected chi connectivity index (χ2v) is 9.35. The first kappa shape index (κ1) is 22.8. The minimum absolute atomic E-state index is 0.0366. The Morgan fingerprint density at radius 2 is 1.68 bits per heavy atom. The fourth-order valence-electron chi connectivity index (χ4n) is 3.19. The Balaban J connectivity index is 2.13. The van der Waals surface area contributed by atoms with Crippen molar-refractivity contribution < 1.29 is 31.5 Å². The summed E-state index contributed by atoms with van der Waals surface area (Å²) in [5.74, 6) is -2.14. The smallest absolute Gasteiger partial charge is 0.416 e. The molecule has 0 aromatic heterocycles. The molecule has 0 fully saturated rings. The molecule has 31 heavy (non-hydrogen) atoms. The van der Waals surface area contributed by atoms with E-state index in [1.54, 1.807) is 37.3 Å². The van der Waals surface area contributed by atoms with Gasteiger partial charge in [-0.1, -0.05) is 41.9 Å². The summed E-state index contributed by atoms with van der Waals surface area (Å²) in [4.78, 5) is 11.1. The molecule has 0 aliphatic heterocycles. The summed E-state index contributed by atoms with van der Waals surface area (Å²) in [5, 5.41) is 9.16.